The molecular weight excluding hydrogens is 372 g/mol. The maximum atomic E-state index is 13.1. The van der Waals surface area contributed by atoms with Crippen molar-refractivity contribution in [2.45, 2.75) is 18.9 Å². The van der Waals surface area contributed by atoms with Gasteiger partial charge in [-0.3, -0.25) is 4.90 Å². The lowest BCUT2D eigenvalue weighted by atomic mass is 9.97. The first-order valence-corrected chi connectivity index (χ1v) is 11.3. The fourth-order valence-electron chi connectivity index (χ4n) is 4.79. The molecule has 0 aromatic heterocycles. The minimum Gasteiger partial charge on any atom is -0.327 e. The molecule has 2 aromatic carbocycles. The van der Waals surface area contributed by atoms with Gasteiger partial charge in [0.15, 0.2) is 0 Å². The van der Waals surface area contributed by atoms with E-state index in [0.29, 0.717) is 0 Å². The van der Waals surface area contributed by atoms with Gasteiger partial charge < -0.3 is 15.1 Å². The number of nitrogens with zero attached hydrogens (tertiary/aromatic N) is 3. The number of likely N-dealkylation sites (tertiary alicyclic amines) is 1. The largest absolute Gasteiger partial charge is 0.327 e. The summed E-state index contributed by atoms with van der Waals surface area (Å²) in [5.74, 6) is 0.768. The number of carbonyl (C=O) groups excluding carboxylic acids is 1. The van der Waals surface area contributed by atoms with Crippen LogP contribution in [0.4, 0.5) is 4.79 Å². The number of urea groups is 1. The van der Waals surface area contributed by atoms with Crippen LogP contribution in [0.15, 0.2) is 60.7 Å². The molecule has 4 rings (SSSR count). The van der Waals surface area contributed by atoms with E-state index in [-0.39, 0.29) is 12.1 Å². The molecule has 1 N–H and O–H groups in total. The van der Waals surface area contributed by atoms with Crippen molar-refractivity contribution in [1.29, 1.82) is 0 Å². The van der Waals surface area contributed by atoms with Crippen molar-refractivity contribution in [2.24, 2.45) is 5.92 Å². The van der Waals surface area contributed by atoms with Gasteiger partial charge in [-0.15, -0.1) is 0 Å². The Balaban J connectivity index is 1.34. The molecule has 2 saturated heterocycles. The quantitative estimate of drug-likeness (QED) is 0.827. The van der Waals surface area contributed by atoms with Gasteiger partial charge in [-0.05, 0) is 43.5 Å². The molecule has 2 fully saturated rings. The molecule has 5 heteroatoms. The third kappa shape index (κ3) is 5.41. The molecule has 2 heterocycles. The highest BCUT2D eigenvalue weighted by atomic mass is 16.2. The minimum atomic E-state index is -0.129. The van der Waals surface area contributed by atoms with Crippen molar-refractivity contribution in [3.63, 3.8) is 0 Å². The molecule has 160 valence electrons. The van der Waals surface area contributed by atoms with Gasteiger partial charge in [0, 0.05) is 39.3 Å². The second kappa shape index (κ2) is 10.1. The topological polar surface area (TPSA) is 38.8 Å². The van der Waals surface area contributed by atoms with Crippen molar-refractivity contribution < 1.29 is 4.79 Å². The molecule has 2 aromatic rings. The molecule has 0 bridgehead atoms. The highest BCUT2D eigenvalue weighted by molar-refractivity contribution is 5.75. The van der Waals surface area contributed by atoms with Crippen LogP contribution >= 0.6 is 0 Å². The van der Waals surface area contributed by atoms with Gasteiger partial charge in [0.05, 0.1) is 6.04 Å². The molecule has 2 aliphatic heterocycles. The van der Waals surface area contributed by atoms with Crippen molar-refractivity contribution in [1.82, 2.24) is 20.0 Å². The number of nitrogens with one attached hydrogen (secondary N) is 1. The maximum Gasteiger partial charge on any atom is 0.318 e. The van der Waals surface area contributed by atoms with E-state index in [1.807, 2.05) is 41.3 Å². The summed E-state index contributed by atoms with van der Waals surface area (Å²) in [7, 11) is 2.23. The van der Waals surface area contributed by atoms with E-state index in [2.05, 4.69) is 46.4 Å². The molecule has 0 aliphatic carbocycles. The third-order valence-corrected chi connectivity index (χ3v) is 6.43. The number of piperidine rings is 1. The zero-order valence-electron chi connectivity index (χ0n) is 18.0. The van der Waals surface area contributed by atoms with Gasteiger partial charge in [0.1, 0.15) is 0 Å². The molecule has 1 unspecified atom stereocenters. The molecule has 0 spiro atoms. The first kappa shape index (κ1) is 20.9. The highest BCUT2D eigenvalue weighted by Gasteiger charge is 2.26. The molecule has 0 radical (unpaired) electrons. The number of hydrogen-bond acceptors (Lipinski definition) is 3. The minimum absolute atomic E-state index is 0.0322. The third-order valence-electron chi connectivity index (χ3n) is 6.43. The summed E-state index contributed by atoms with van der Waals surface area (Å²) in [5.41, 5.74) is 2.22. The van der Waals surface area contributed by atoms with Crippen molar-refractivity contribution >= 4 is 6.03 Å². The van der Waals surface area contributed by atoms with Crippen LogP contribution in [0.1, 0.15) is 30.0 Å². The lowest BCUT2D eigenvalue weighted by molar-refractivity contribution is 0.105. The predicted molar refractivity (Wildman–Crippen MR) is 121 cm³/mol. The van der Waals surface area contributed by atoms with Crippen LogP contribution in [0.3, 0.4) is 0 Å². The Kier molecular flexibility index (Phi) is 7.03. The molecule has 30 heavy (non-hydrogen) atoms. The Bertz CT molecular complexity index is 750. The standard InChI is InChI=1S/C25H34N4O/c1-27-14-8-9-21(19-27)20-28-15-17-29(18-16-28)25(30)26-24(22-10-4-2-5-11-22)23-12-6-3-7-13-23/h2-7,10-13,21,24H,8-9,14-20H2,1H3,(H,26,30). The van der Waals surface area contributed by atoms with Crippen LogP contribution in [0.25, 0.3) is 0 Å². The summed E-state index contributed by atoms with van der Waals surface area (Å²) in [4.78, 5) is 20.0. The highest BCUT2D eigenvalue weighted by Crippen LogP contribution is 2.22. The van der Waals surface area contributed by atoms with E-state index in [9.17, 15) is 4.79 Å². The van der Waals surface area contributed by atoms with Crippen molar-refractivity contribution in [3.05, 3.63) is 71.8 Å². The van der Waals surface area contributed by atoms with E-state index in [1.165, 1.54) is 25.9 Å². The zero-order valence-corrected chi connectivity index (χ0v) is 18.0. The van der Waals surface area contributed by atoms with Crippen LogP contribution in [0, 0.1) is 5.92 Å². The molecule has 0 saturated carbocycles. The van der Waals surface area contributed by atoms with Gasteiger partial charge >= 0.3 is 6.03 Å². The normalized spacial score (nSPS) is 21.0. The summed E-state index contributed by atoms with van der Waals surface area (Å²) in [6.45, 7) is 7.13. The number of rotatable bonds is 5. The van der Waals surface area contributed by atoms with E-state index in [1.54, 1.807) is 0 Å². The van der Waals surface area contributed by atoms with Crippen LogP contribution < -0.4 is 5.32 Å². The average Bonchev–Trinajstić information content (AvgIpc) is 2.79. The fourth-order valence-corrected chi connectivity index (χ4v) is 4.79. The molecule has 5 nitrogen and oxygen atoms in total. The lowest BCUT2D eigenvalue weighted by Crippen LogP contribution is -2.53. The number of amides is 2. The van der Waals surface area contributed by atoms with Gasteiger partial charge in [-0.25, -0.2) is 4.79 Å². The monoisotopic (exact) mass is 406 g/mol. The Morgan fingerprint density at radius 3 is 2.10 bits per heavy atom. The maximum absolute atomic E-state index is 13.1. The van der Waals surface area contributed by atoms with Crippen LogP contribution in [-0.2, 0) is 0 Å². The van der Waals surface area contributed by atoms with Crippen molar-refractivity contribution in [3.8, 4) is 0 Å². The summed E-state index contributed by atoms with van der Waals surface area (Å²) in [6.07, 6.45) is 2.64. The van der Waals surface area contributed by atoms with Gasteiger partial charge in [-0.1, -0.05) is 60.7 Å². The predicted octanol–water partition coefficient (Wildman–Crippen LogP) is 3.45. The van der Waals surface area contributed by atoms with Crippen LogP contribution in [0.5, 0.6) is 0 Å². The van der Waals surface area contributed by atoms with E-state index in [4.69, 9.17) is 0 Å². The van der Waals surface area contributed by atoms with E-state index in [0.717, 1.165) is 49.8 Å². The Hall–Kier alpha value is -2.37. The summed E-state index contributed by atoms with van der Waals surface area (Å²) < 4.78 is 0. The Morgan fingerprint density at radius 1 is 0.933 bits per heavy atom. The first-order chi connectivity index (χ1) is 14.7. The number of carbonyl (C=O) groups is 1. The van der Waals surface area contributed by atoms with Gasteiger partial charge in [0.2, 0.25) is 0 Å². The first-order valence-electron chi connectivity index (χ1n) is 11.3. The summed E-state index contributed by atoms with van der Waals surface area (Å²) in [6, 6.07) is 20.4. The van der Waals surface area contributed by atoms with Gasteiger partial charge in [-0.2, -0.15) is 0 Å². The number of piperazine rings is 1. The Morgan fingerprint density at radius 2 is 1.53 bits per heavy atom. The van der Waals surface area contributed by atoms with Gasteiger partial charge in [0.25, 0.3) is 0 Å². The fraction of sp³-hybridized carbons (Fsp3) is 0.480. The number of benzene rings is 2. The lowest BCUT2D eigenvalue weighted by Gasteiger charge is -2.39. The van der Waals surface area contributed by atoms with E-state index >= 15 is 0 Å². The Labute approximate surface area is 180 Å². The smallest absolute Gasteiger partial charge is 0.318 e. The SMILES string of the molecule is CN1CCCC(CN2CCN(C(=O)NC(c3ccccc3)c3ccccc3)CC2)C1. The molecule has 2 amide bonds. The number of hydrogen-bond donors (Lipinski definition) is 1. The zero-order chi connectivity index (χ0) is 20.8. The molecular formula is C25H34N4O. The summed E-state index contributed by atoms with van der Waals surface area (Å²) in [5, 5.41) is 3.28. The van der Waals surface area contributed by atoms with E-state index < -0.39 is 0 Å². The molecule has 1 atom stereocenters. The van der Waals surface area contributed by atoms with Crippen LogP contribution in [-0.4, -0.2) is 73.6 Å². The van der Waals surface area contributed by atoms with Crippen molar-refractivity contribution in [2.75, 3.05) is 52.9 Å². The molecule has 2 aliphatic rings. The van der Waals surface area contributed by atoms with Crippen LogP contribution in [0.2, 0.25) is 0 Å². The second-order valence-corrected chi connectivity index (χ2v) is 8.76. The average molecular weight is 407 g/mol. The summed E-state index contributed by atoms with van der Waals surface area (Å²) >= 11 is 0. The second-order valence-electron chi connectivity index (χ2n) is 8.76.